The average molecular weight is 470 g/mol. The number of fused-ring (bicyclic) bond motifs is 1. The zero-order valence-electron chi connectivity index (χ0n) is 16.4. The van der Waals surface area contributed by atoms with Crippen LogP contribution in [0.4, 0.5) is 5.69 Å². The van der Waals surface area contributed by atoms with Crippen LogP contribution < -0.4 is 10.5 Å². The van der Waals surface area contributed by atoms with Crippen LogP contribution >= 0.6 is 15.9 Å². The minimum atomic E-state index is -0.542. The Morgan fingerprint density at radius 2 is 2.03 bits per heavy atom. The maximum atomic E-state index is 12.6. The van der Waals surface area contributed by atoms with Crippen molar-refractivity contribution in [2.45, 2.75) is 26.4 Å². The van der Waals surface area contributed by atoms with Crippen LogP contribution in [-0.4, -0.2) is 27.8 Å². The molecule has 0 saturated carbocycles. The largest absolute Gasteiger partial charge is 0.459 e. The van der Waals surface area contributed by atoms with Gasteiger partial charge in [0.05, 0.1) is 11.6 Å². The molecule has 3 heterocycles. The van der Waals surface area contributed by atoms with Gasteiger partial charge in [0.2, 0.25) is 5.91 Å². The van der Waals surface area contributed by atoms with Gasteiger partial charge in [0.25, 0.3) is 5.56 Å². The number of carbonyl (C=O) groups excluding carboxylic acids is 2. The number of carbonyl (C=O) groups is 2. The Hall–Kier alpha value is -3.00. The molecule has 0 spiro atoms. The van der Waals surface area contributed by atoms with Gasteiger partial charge in [-0.05, 0) is 46.1 Å². The number of ether oxygens (including phenoxy) is 1. The lowest BCUT2D eigenvalue weighted by Gasteiger charge is -2.19. The average Bonchev–Trinajstić information content (AvgIpc) is 3.14. The number of esters is 1. The van der Waals surface area contributed by atoms with Crippen molar-refractivity contribution >= 4 is 39.1 Å². The molecule has 30 heavy (non-hydrogen) atoms. The van der Waals surface area contributed by atoms with Crippen molar-refractivity contribution in [2.75, 3.05) is 11.4 Å². The van der Waals surface area contributed by atoms with Gasteiger partial charge in [0.15, 0.2) is 0 Å². The standard InChI is InChI=1S/C22H20BrN3O4/c1-2-14-5-3-4-6-18(14)25-11-15(9-20(25)27)22(29)30-13-17-10-21(28)26-12-16(23)7-8-19(26)24-17/h3-8,10,12,15H,2,9,11,13H2,1H3. The molecule has 7 nitrogen and oxygen atoms in total. The maximum Gasteiger partial charge on any atom is 0.311 e. The predicted octanol–water partition coefficient (Wildman–Crippen LogP) is 3.12. The molecule has 1 aromatic carbocycles. The van der Waals surface area contributed by atoms with Gasteiger partial charge >= 0.3 is 5.97 Å². The van der Waals surface area contributed by atoms with E-state index in [1.165, 1.54) is 10.5 Å². The first-order valence-corrected chi connectivity index (χ1v) is 10.5. The smallest absolute Gasteiger partial charge is 0.311 e. The first-order chi connectivity index (χ1) is 14.5. The fraction of sp³-hybridized carbons (Fsp3) is 0.273. The number of amides is 1. The molecule has 2 aromatic heterocycles. The Labute approximate surface area is 181 Å². The van der Waals surface area contributed by atoms with Gasteiger partial charge < -0.3 is 9.64 Å². The van der Waals surface area contributed by atoms with Crippen LogP contribution in [0.15, 0.2) is 57.9 Å². The van der Waals surface area contributed by atoms with Crippen molar-refractivity contribution in [3.8, 4) is 0 Å². The van der Waals surface area contributed by atoms with Crippen molar-refractivity contribution in [1.29, 1.82) is 0 Å². The zero-order chi connectivity index (χ0) is 21.3. The Kier molecular flexibility index (Phi) is 5.67. The van der Waals surface area contributed by atoms with Crippen molar-refractivity contribution in [2.24, 2.45) is 5.92 Å². The number of hydrogen-bond acceptors (Lipinski definition) is 5. The summed E-state index contributed by atoms with van der Waals surface area (Å²) in [7, 11) is 0. The van der Waals surface area contributed by atoms with Gasteiger partial charge in [-0.3, -0.25) is 18.8 Å². The van der Waals surface area contributed by atoms with Crippen LogP contribution in [0.3, 0.4) is 0 Å². The third kappa shape index (κ3) is 4.00. The van der Waals surface area contributed by atoms with E-state index in [1.54, 1.807) is 23.2 Å². The van der Waals surface area contributed by atoms with Gasteiger partial charge in [-0.2, -0.15) is 0 Å². The molecule has 1 aliphatic rings. The summed E-state index contributed by atoms with van der Waals surface area (Å²) in [6.45, 7) is 2.20. The zero-order valence-corrected chi connectivity index (χ0v) is 18.0. The van der Waals surface area contributed by atoms with Crippen LogP contribution in [0.25, 0.3) is 5.65 Å². The number of para-hydroxylation sites is 1. The summed E-state index contributed by atoms with van der Waals surface area (Å²) in [5, 5.41) is 0. The summed E-state index contributed by atoms with van der Waals surface area (Å²) in [6.07, 6.45) is 2.54. The van der Waals surface area contributed by atoms with Crippen molar-refractivity contribution in [3.63, 3.8) is 0 Å². The Morgan fingerprint density at radius 1 is 1.23 bits per heavy atom. The van der Waals surface area contributed by atoms with Crippen LogP contribution in [0.2, 0.25) is 0 Å². The third-order valence-corrected chi connectivity index (χ3v) is 5.63. The van der Waals surface area contributed by atoms with E-state index < -0.39 is 11.9 Å². The van der Waals surface area contributed by atoms with Crippen molar-refractivity contribution in [3.05, 3.63) is 74.7 Å². The second-order valence-corrected chi connectivity index (χ2v) is 8.07. The molecule has 0 N–H and O–H groups in total. The molecule has 3 aromatic rings. The van der Waals surface area contributed by atoms with Gasteiger partial charge in [-0.1, -0.05) is 25.1 Å². The number of anilines is 1. The van der Waals surface area contributed by atoms with E-state index in [2.05, 4.69) is 20.9 Å². The van der Waals surface area contributed by atoms with Crippen LogP contribution in [0.5, 0.6) is 0 Å². The van der Waals surface area contributed by atoms with E-state index in [1.807, 2.05) is 31.2 Å². The lowest BCUT2D eigenvalue weighted by molar-refractivity contribution is -0.149. The highest BCUT2D eigenvalue weighted by molar-refractivity contribution is 9.10. The highest BCUT2D eigenvalue weighted by Gasteiger charge is 2.36. The van der Waals surface area contributed by atoms with Crippen LogP contribution in [0.1, 0.15) is 24.6 Å². The number of halogens is 1. The van der Waals surface area contributed by atoms with E-state index in [4.69, 9.17) is 4.74 Å². The summed E-state index contributed by atoms with van der Waals surface area (Å²) in [5.41, 5.74) is 2.48. The van der Waals surface area contributed by atoms with E-state index in [9.17, 15) is 14.4 Å². The first kappa shape index (κ1) is 20.3. The topological polar surface area (TPSA) is 81.0 Å². The molecule has 154 valence electrons. The van der Waals surface area contributed by atoms with Gasteiger partial charge in [-0.25, -0.2) is 4.98 Å². The molecular weight excluding hydrogens is 450 g/mol. The number of aromatic nitrogens is 2. The molecule has 1 amide bonds. The molecule has 4 rings (SSSR count). The van der Waals surface area contributed by atoms with Crippen LogP contribution in [-0.2, 0) is 27.4 Å². The number of benzene rings is 1. The number of rotatable bonds is 5. The molecule has 1 atom stereocenters. The lowest BCUT2D eigenvalue weighted by Crippen LogP contribution is -2.27. The molecule has 1 unspecified atom stereocenters. The van der Waals surface area contributed by atoms with E-state index in [-0.39, 0.29) is 31.0 Å². The number of hydrogen-bond donors (Lipinski definition) is 0. The monoisotopic (exact) mass is 469 g/mol. The molecule has 8 heteroatoms. The second-order valence-electron chi connectivity index (χ2n) is 7.16. The van der Waals surface area contributed by atoms with Gasteiger partial charge in [0, 0.05) is 35.4 Å². The van der Waals surface area contributed by atoms with Gasteiger partial charge in [-0.15, -0.1) is 0 Å². The molecule has 1 fully saturated rings. The number of aryl methyl sites for hydroxylation is 1. The first-order valence-electron chi connectivity index (χ1n) is 9.69. The van der Waals surface area contributed by atoms with E-state index in [0.29, 0.717) is 11.3 Å². The molecule has 1 aliphatic heterocycles. The highest BCUT2D eigenvalue weighted by Crippen LogP contribution is 2.29. The minimum absolute atomic E-state index is 0.0921. The fourth-order valence-corrected chi connectivity index (χ4v) is 3.97. The predicted molar refractivity (Wildman–Crippen MR) is 115 cm³/mol. The number of pyridine rings is 1. The normalized spacial score (nSPS) is 16.3. The van der Waals surface area contributed by atoms with Crippen LogP contribution in [0, 0.1) is 5.92 Å². The summed E-state index contributed by atoms with van der Waals surface area (Å²) in [5.74, 6) is -1.09. The molecule has 0 radical (unpaired) electrons. The van der Waals surface area contributed by atoms with Crippen molar-refractivity contribution in [1.82, 2.24) is 9.38 Å². The van der Waals surface area contributed by atoms with Crippen molar-refractivity contribution < 1.29 is 14.3 Å². The summed E-state index contributed by atoms with van der Waals surface area (Å²) < 4.78 is 7.56. The summed E-state index contributed by atoms with van der Waals surface area (Å²) in [6, 6.07) is 12.5. The molecular formula is C22H20BrN3O4. The lowest BCUT2D eigenvalue weighted by atomic mass is 10.1. The fourth-order valence-electron chi connectivity index (χ4n) is 3.63. The highest BCUT2D eigenvalue weighted by atomic mass is 79.9. The maximum absolute atomic E-state index is 12.6. The Bertz CT molecular complexity index is 1190. The quantitative estimate of drug-likeness (QED) is 0.536. The molecule has 0 bridgehead atoms. The van der Waals surface area contributed by atoms with E-state index >= 15 is 0 Å². The summed E-state index contributed by atoms with van der Waals surface area (Å²) >= 11 is 3.32. The second kappa shape index (κ2) is 8.39. The van der Waals surface area contributed by atoms with E-state index in [0.717, 1.165) is 22.1 Å². The Balaban J connectivity index is 1.45. The minimum Gasteiger partial charge on any atom is -0.459 e. The third-order valence-electron chi connectivity index (χ3n) is 5.16. The SMILES string of the molecule is CCc1ccccc1N1CC(C(=O)OCc2cc(=O)n3cc(Br)ccc3n2)CC1=O. The summed E-state index contributed by atoms with van der Waals surface area (Å²) in [4.78, 5) is 43.4. The molecule has 1 saturated heterocycles. The Morgan fingerprint density at radius 3 is 2.83 bits per heavy atom. The van der Waals surface area contributed by atoms with Gasteiger partial charge in [0.1, 0.15) is 12.3 Å². The molecule has 0 aliphatic carbocycles. The number of nitrogens with zero attached hydrogens (tertiary/aromatic N) is 3.